The van der Waals surface area contributed by atoms with Gasteiger partial charge in [-0.25, -0.2) is 0 Å². The number of likely N-dealkylation sites (tertiary alicyclic amines) is 1. The highest BCUT2D eigenvalue weighted by Gasteiger charge is 2.25. The molecule has 0 bridgehead atoms. The summed E-state index contributed by atoms with van der Waals surface area (Å²) in [6, 6.07) is 9.54. The van der Waals surface area contributed by atoms with Crippen LogP contribution in [0.3, 0.4) is 0 Å². The number of nitrogens with zero attached hydrogens (tertiary/aromatic N) is 1. The number of aryl methyl sites for hydroxylation is 1. The van der Waals surface area contributed by atoms with E-state index in [4.69, 9.17) is 20.8 Å². The van der Waals surface area contributed by atoms with Gasteiger partial charge in [0.2, 0.25) is 5.91 Å². The van der Waals surface area contributed by atoms with Gasteiger partial charge in [0.1, 0.15) is 11.5 Å². The summed E-state index contributed by atoms with van der Waals surface area (Å²) in [6.45, 7) is 5.14. The van der Waals surface area contributed by atoms with Crippen molar-refractivity contribution in [1.82, 2.24) is 10.2 Å². The highest BCUT2D eigenvalue weighted by Crippen LogP contribution is 2.25. The van der Waals surface area contributed by atoms with Crippen molar-refractivity contribution >= 4 is 17.5 Å². The van der Waals surface area contributed by atoms with Gasteiger partial charge in [-0.2, -0.15) is 0 Å². The molecule has 1 unspecified atom stereocenters. The fourth-order valence-electron chi connectivity index (χ4n) is 3.43. The molecule has 1 aliphatic heterocycles. The first-order chi connectivity index (χ1) is 13.1. The van der Waals surface area contributed by atoms with Gasteiger partial charge in [-0.05, 0) is 75.2 Å². The molecule has 1 atom stereocenters. The fourth-order valence-corrected chi connectivity index (χ4v) is 3.66. The normalized spacial score (nSPS) is 15.6. The Morgan fingerprint density at radius 2 is 2.15 bits per heavy atom. The number of carbonyl (C=O) groups excluding carboxylic acids is 1. The van der Waals surface area contributed by atoms with E-state index in [1.165, 1.54) is 12.8 Å². The predicted molar refractivity (Wildman–Crippen MR) is 106 cm³/mol. The minimum atomic E-state index is 0.0437. The van der Waals surface area contributed by atoms with Gasteiger partial charge in [-0.15, -0.1) is 0 Å². The molecule has 1 fully saturated rings. The smallest absolute Gasteiger partial charge is 0.220 e. The van der Waals surface area contributed by atoms with Gasteiger partial charge in [-0.1, -0.05) is 11.6 Å². The third kappa shape index (κ3) is 5.75. The average molecular weight is 391 g/mol. The number of halogens is 1. The molecule has 1 saturated heterocycles. The average Bonchev–Trinajstić information content (AvgIpc) is 3.35. The minimum Gasteiger partial charge on any atom is -0.493 e. The predicted octanol–water partition coefficient (Wildman–Crippen LogP) is 4.35. The van der Waals surface area contributed by atoms with Gasteiger partial charge in [-0.3, -0.25) is 9.69 Å². The minimum absolute atomic E-state index is 0.0437. The van der Waals surface area contributed by atoms with Gasteiger partial charge in [0.15, 0.2) is 0 Å². The quantitative estimate of drug-likeness (QED) is 0.646. The second-order valence-corrected chi connectivity index (χ2v) is 7.38. The van der Waals surface area contributed by atoms with Crippen molar-refractivity contribution in [3.05, 3.63) is 52.9 Å². The zero-order valence-electron chi connectivity index (χ0n) is 15.7. The molecule has 3 rings (SSSR count). The number of hydrogen-bond donors (Lipinski definition) is 1. The summed E-state index contributed by atoms with van der Waals surface area (Å²) in [4.78, 5) is 14.6. The topological polar surface area (TPSA) is 54.7 Å². The van der Waals surface area contributed by atoms with Gasteiger partial charge in [0.25, 0.3) is 0 Å². The van der Waals surface area contributed by atoms with Gasteiger partial charge in [0.05, 0.1) is 18.9 Å². The molecule has 1 aliphatic rings. The molecule has 2 aromatic rings. The third-order valence-corrected chi connectivity index (χ3v) is 5.12. The van der Waals surface area contributed by atoms with Crippen molar-refractivity contribution in [2.24, 2.45) is 0 Å². The first-order valence-electron chi connectivity index (χ1n) is 9.56. The number of benzene rings is 1. The van der Waals surface area contributed by atoms with Gasteiger partial charge >= 0.3 is 0 Å². The van der Waals surface area contributed by atoms with E-state index < -0.39 is 0 Å². The molecule has 0 aliphatic carbocycles. The SMILES string of the molecule is Cc1cc(Cl)ccc1OCCCC(=O)NCC(c1ccco1)N1CCCC1. The molecular weight excluding hydrogens is 364 g/mol. The molecule has 1 amide bonds. The molecule has 1 aromatic carbocycles. The first kappa shape index (κ1) is 19.8. The van der Waals surface area contributed by atoms with Gasteiger partial charge in [0, 0.05) is 18.0 Å². The highest BCUT2D eigenvalue weighted by molar-refractivity contribution is 6.30. The van der Waals surface area contributed by atoms with E-state index in [1.807, 2.05) is 37.3 Å². The summed E-state index contributed by atoms with van der Waals surface area (Å²) < 4.78 is 11.3. The molecule has 0 spiro atoms. The molecule has 1 aromatic heterocycles. The molecular formula is C21H27ClN2O3. The standard InChI is InChI=1S/C21H27ClN2O3/c1-16-14-17(22)8-9-19(16)26-13-5-7-21(25)23-15-18(20-6-4-12-27-20)24-10-2-3-11-24/h4,6,8-9,12,14,18H,2-3,5,7,10-11,13,15H2,1H3,(H,23,25). The maximum atomic E-state index is 12.2. The van der Waals surface area contributed by atoms with Crippen LogP contribution in [0.5, 0.6) is 5.75 Å². The Bertz CT molecular complexity index is 727. The van der Waals surface area contributed by atoms with Crippen molar-refractivity contribution in [2.75, 3.05) is 26.2 Å². The summed E-state index contributed by atoms with van der Waals surface area (Å²) in [5.41, 5.74) is 0.999. The number of ether oxygens (including phenoxy) is 1. The molecule has 1 N–H and O–H groups in total. The van der Waals surface area contributed by atoms with E-state index in [2.05, 4.69) is 10.2 Å². The summed E-state index contributed by atoms with van der Waals surface area (Å²) >= 11 is 5.95. The first-order valence-corrected chi connectivity index (χ1v) is 9.94. The van der Waals surface area contributed by atoms with Crippen molar-refractivity contribution < 1.29 is 13.9 Å². The monoisotopic (exact) mass is 390 g/mol. The Morgan fingerprint density at radius 3 is 2.85 bits per heavy atom. The van der Waals surface area contributed by atoms with E-state index in [1.54, 1.807) is 6.26 Å². The lowest BCUT2D eigenvalue weighted by Gasteiger charge is -2.26. The molecule has 27 heavy (non-hydrogen) atoms. The van der Waals surface area contributed by atoms with E-state index in [0.29, 0.717) is 31.0 Å². The maximum Gasteiger partial charge on any atom is 0.220 e. The molecule has 6 heteroatoms. The largest absolute Gasteiger partial charge is 0.493 e. The van der Waals surface area contributed by atoms with Crippen molar-refractivity contribution in [3.63, 3.8) is 0 Å². The number of nitrogens with one attached hydrogen (secondary N) is 1. The number of hydrogen-bond acceptors (Lipinski definition) is 4. The van der Waals surface area contributed by atoms with Crippen LogP contribution >= 0.6 is 11.6 Å². The van der Waals surface area contributed by atoms with Crippen LogP contribution in [-0.2, 0) is 4.79 Å². The summed E-state index contributed by atoms with van der Waals surface area (Å²) in [7, 11) is 0. The highest BCUT2D eigenvalue weighted by atomic mass is 35.5. The Labute approximate surface area is 165 Å². The van der Waals surface area contributed by atoms with E-state index >= 15 is 0 Å². The van der Waals surface area contributed by atoms with Crippen molar-refractivity contribution in [2.45, 2.75) is 38.6 Å². The molecule has 0 saturated carbocycles. The summed E-state index contributed by atoms with van der Waals surface area (Å²) in [6.07, 6.45) is 5.20. The third-order valence-electron chi connectivity index (χ3n) is 4.89. The van der Waals surface area contributed by atoms with Crippen molar-refractivity contribution in [3.8, 4) is 5.75 Å². The molecule has 2 heterocycles. The number of rotatable bonds is 9. The van der Waals surface area contributed by atoms with Crippen LogP contribution in [0.2, 0.25) is 5.02 Å². The zero-order chi connectivity index (χ0) is 19.1. The Hall–Kier alpha value is -1.98. The molecule has 5 nitrogen and oxygen atoms in total. The van der Waals surface area contributed by atoms with E-state index in [-0.39, 0.29) is 11.9 Å². The molecule has 146 valence electrons. The summed E-state index contributed by atoms with van der Waals surface area (Å²) in [5, 5.41) is 3.75. The van der Waals surface area contributed by atoms with Crippen LogP contribution in [0.25, 0.3) is 0 Å². The van der Waals surface area contributed by atoms with Crippen LogP contribution in [0.15, 0.2) is 41.0 Å². The van der Waals surface area contributed by atoms with Crippen LogP contribution in [0.4, 0.5) is 0 Å². The Morgan fingerprint density at radius 1 is 1.33 bits per heavy atom. The lowest BCUT2D eigenvalue weighted by atomic mass is 10.2. The van der Waals surface area contributed by atoms with E-state index in [9.17, 15) is 4.79 Å². The second kappa shape index (κ2) is 9.81. The van der Waals surface area contributed by atoms with Crippen LogP contribution in [0, 0.1) is 6.92 Å². The van der Waals surface area contributed by atoms with Crippen molar-refractivity contribution in [1.29, 1.82) is 0 Å². The number of furan rings is 1. The molecule has 0 radical (unpaired) electrons. The van der Waals surface area contributed by atoms with E-state index in [0.717, 1.165) is 30.2 Å². The lowest BCUT2D eigenvalue weighted by molar-refractivity contribution is -0.121. The fraction of sp³-hybridized carbons (Fsp3) is 0.476. The summed E-state index contributed by atoms with van der Waals surface area (Å²) in [5.74, 6) is 1.77. The number of amides is 1. The van der Waals surface area contributed by atoms with Crippen LogP contribution < -0.4 is 10.1 Å². The maximum absolute atomic E-state index is 12.2. The number of carbonyl (C=O) groups is 1. The second-order valence-electron chi connectivity index (χ2n) is 6.94. The van der Waals surface area contributed by atoms with Crippen LogP contribution in [0.1, 0.15) is 43.0 Å². The lowest BCUT2D eigenvalue weighted by Crippen LogP contribution is -2.36. The Balaban J connectivity index is 1.40. The van der Waals surface area contributed by atoms with Gasteiger partial charge < -0.3 is 14.5 Å². The Kier molecular flexibility index (Phi) is 7.18. The zero-order valence-corrected chi connectivity index (χ0v) is 16.5. The van der Waals surface area contributed by atoms with Crippen LogP contribution in [-0.4, -0.2) is 37.0 Å².